The topological polar surface area (TPSA) is 0 Å². The van der Waals surface area contributed by atoms with Gasteiger partial charge in [-0.3, -0.25) is 0 Å². The first-order valence-corrected chi connectivity index (χ1v) is 5.62. The van der Waals surface area contributed by atoms with Crippen LogP contribution in [0.1, 0.15) is 40.0 Å². The van der Waals surface area contributed by atoms with Crippen LogP contribution in [0.25, 0.3) is 0 Å². The van der Waals surface area contributed by atoms with E-state index in [-0.39, 0.29) is 5.41 Å². The molecule has 1 heteroatoms. The number of hydrogen-bond donors (Lipinski definition) is 0. The second kappa shape index (κ2) is 4.84. The predicted octanol–water partition coefficient (Wildman–Crippen LogP) is 4.82. The Hall–Kier alpha value is -0.490. The van der Waals surface area contributed by atoms with Gasteiger partial charge in [0.2, 0.25) is 0 Å². The van der Waals surface area contributed by atoms with Crippen LogP contribution in [0.2, 0.25) is 0 Å². The average Bonchev–Trinajstić information content (AvgIpc) is 2.15. The first-order chi connectivity index (χ1) is 6.50. The molecule has 0 amide bonds. The van der Waals surface area contributed by atoms with Gasteiger partial charge in [0.25, 0.3) is 0 Å². The fourth-order valence-electron chi connectivity index (χ4n) is 1.48. The molecule has 0 N–H and O–H groups in total. The Morgan fingerprint density at radius 3 is 2.36 bits per heavy atom. The Morgan fingerprint density at radius 2 is 1.71 bits per heavy atom. The second-order valence-electron chi connectivity index (χ2n) is 4.76. The zero-order valence-electron chi connectivity index (χ0n) is 9.31. The molecule has 0 nitrogen and oxygen atoms in total. The van der Waals surface area contributed by atoms with Crippen molar-refractivity contribution in [2.24, 2.45) is 5.41 Å². The van der Waals surface area contributed by atoms with Crippen LogP contribution >= 0.6 is 11.6 Å². The van der Waals surface area contributed by atoms with Crippen molar-refractivity contribution in [3.05, 3.63) is 34.9 Å². The Balaban J connectivity index is 2.89. The van der Waals surface area contributed by atoms with Crippen molar-refractivity contribution in [2.75, 3.05) is 0 Å². The highest BCUT2D eigenvalue weighted by molar-refractivity contribution is 6.31. The van der Waals surface area contributed by atoms with Crippen molar-refractivity contribution < 1.29 is 0 Å². The van der Waals surface area contributed by atoms with Gasteiger partial charge in [0, 0.05) is 5.03 Å². The molecular weight excluding hydrogens is 192 g/mol. The average molecular weight is 211 g/mol. The van der Waals surface area contributed by atoms with E-state index in [9.17, 15) is 0 Å². The summed E-state index contributed by atoms with van der Waals surface area (Å²) < 4.78 is 0. The SMILES string of the molecule is CC(C)(C)C1=C/CCC/C=C(Cl)/C=C\1. The van der Waals surface area contributed by atoms with Gasteiger partial charge in [-0.1, -0.05) is 50.6 Å². The maximum atomic E-state index is 6.03. The Labute approximate surface area is 92.3 Å². The number of rotatable bonds is 0. The summed E-state index contributed by atoms with van der Waals surface area (Å²) in [5.41, 5.74) is 1.60. The van der Waals surface area contributed by atoms with Gasteiger partial charge in [-0.2, -0.15) is 0 Å². The maximum absolute atomic E-state index is 6.03. The molecule has 0 heterocycles. The highest BCUT2D eigenvalue weighted by Gasteiger charge is 2.14. The largest absolute Gasteiger partial charge is 0.0847 e. The van der Waals surface area contributed by atoms with E-state index in [1.165, 1.54) is 12.0 Å². The van der Waals surface area contributed by atoms with Gasteiger partial charge >= 0.3 is 0 Å². The van der Waals surface area contributed by atoms with E-state index in [1.54, 1.807) is 0 Å². The summed E-state index contributed by atoms with van der Waals surface area (Å²) in [6.45, 7) is 6.70. The van der Waals surface area contributed by atoms with E-state index in [1.807, 2.05) is 6.08 Å². The summed E-state index contributed by atoms with van der Waals surface area (Å²) in [6.07, 6.45) is 12.0. The van der Waals surface area contributed by atoms with Crippen LogP contribution in [0.5, 0.6) is 0 Å². The lowest BCUT2D eigenvalue weighted by Gasteiger charge is -2.20. The molecule has 0 bridgehead atoms. The van der Waals surface area contributed by atoms with Gasteiger partial charge in [-0.15, -0.1) is 0 Å². The fraction of sp³-hybridized carbons (Fsp3) is 0.538. The second-order valence-corrected chi connectivity index (χ2v) is 5.20. The summed E-state index contributed by atoms with van der Waals surface area (Å²) in [6, 6.07) is 0. The Kier molecular flexibility index (Phi) is 4.00. The molecule has 0 radical (unpaired) electrons. The smallest absolute Gasteiger partial charge is 0.0366 e. The van der Waals surface area contributed by atoms with Gasteiger partial charge in [0.1, 0.15) is 0 Å². The van der Waals surface area contributed by atoms with E-state index in [0.29, 0.717) is 0 Å². The monoisotopic (exact) mass is 210 g/mol. The molecule has 0 unspecified atom stereocenters. The third-order valence-corrected chi connectivity index (χ3v) is 2.68. The zero-order chi connectivity index (χ0) is 10.6. The lowest BCUT2D eigenvalue weighted by atomic mass is 9.85. The van der Waals surface area contributed by atoms with Crippen LogP contribution in [0, 0.1) is 5.41 Å². The minimum Gasteiger partial charge on any atom is -0.0847 e. The first kappa shape index (κ1) is 11.6. The number of halogens is 1. The molecule has 0 spiro atoms. The Bertz CT molecular complexity index is 274. The quantitative estimate of drug-likeness (QED) is 0.538. The summed E-state index contributed by atoms with van der Waals surface area (Å²) in [4.78, 5) is 0. The van der Waals surface area contributed by atoms with Crippen LogP contribution in [0.3, 0.4) is 0 Å². The van der Waals surface area contributed by atoms with Crippen LogP contribution in [0.4, 0.5) is 0 Å². The molecule has 0 aromatic rings. The molecule has 78 valence electrons. The third-order valence-electron chi connectivity index (χ3n) is 2.40. The molecule has 14 heavy (non-hydrogen) atoms. The van der Waals surface area contributed by atoms with E-state index in [4.69, 9.17) is 11.6 Å². The fourth-order valence-corrected chi connectivity index (χ4v) is 1.65. The molecule has 0 saturated heterocycles. The van der Waals surface area contributed by atoms with Crippen molar-refractivity contribution in [1.29, 1.82) is 0 Å². The van der Waals surface area contributed by atoms with Crippen LogP contribution in [-0.4, -0.2) is 0 Å². The van der Waals surface area contributed by atoms with Gasteiger partial charge in [-0.25, -0.2) is 0 Å². The number of hydrogen-bond acceptors (Lipinski definition) is 0. The first-order valence-electron chi connectivity index (χ1n) is 5.24. The maximum Gasteiger partial charge on any atom is 0.0366 e. The van der Waals surface area contributed by atoms with Crippen LogP contribution in [0.15, 0.2) is 34.9 Å². The van der Waals surface area contributed by atoms with Crippen molar-refractivity contribution in [2.45, 2.75) is 40.0 Å². The molecule has 0 saturated carbocycles. The molecule has 0 atom stereocenters. The summed E-state index contributed by atoms with van der Waals surface area (Å²) in [5.74, 6) is 0. The minimum atomic E-state index is 0.220. The minimum absolute atomic E-state index is 0.220. The molecule has 1 rings (SSSR count). The van der Waals surface area contributed by atoms with Gasteiger partial charge in [0.05, 0.1) is 0 Å². The normalized spacial score (nSPS) is 28.9. The summed E-state index contributed by atoms with van der Waals surface area (Å²) in [5, 5.41) is 0.863. The zero-order valence-corrected chi connectivity index (χ0v) is 10.1. The van der Waals surface area contributed by atoms with E-state index >= 15 is 0 Å². The summed E-state index contributed by atoms with van der Waals surface area (Å²) >= 11 is 6.03. The van der Waals surface area contributed by atoms with Crippen LogP contribution < -0.4 is 0 Å². The third kappa shape index (κ3) is 3.71. The highest BCUT2D eigenvalue weighted by Crippen LogP contribution is 2.28. The Morgan fingerprint density at radius 1 is 1.07 bits per heavy atom. The number of allylic oxidation sites excluding steroid dienone is 6. The predicted molar refractivity (Wildman–Crippen MR) is 64.5 cm³/mol. The molecule has 0 aliphatic heterocycles. The lowest BCUT2D eigenvalue weighted by molar-refractivity contribution is 0.514. The lowest BCUT2D eigenvalue weighted by Crippen LogP contribution is -2.07. The highest BCUT2D eigenvalue weighted by atomic mass is 35.5. The van der Waals surface area contributed by atoms with Gasteiger partial charge < -0.3 is 0 Å². The molecule has 0 fully saturated rings. The summed E-state index contributed by atoms with van der Waals surface area (Å²) in [7, 11) is 0. The van der Waals surface area contributed by atoms with E-state index < -0.39 is 0 Å². The van der Waals surface area contributed by atoms with Crippen molar-refractivity contribution in [3.63, 3.8) is 0 Å². The van der Waals surface area contributed by atoms with E-state index in [0.717, 1.165) is 17.9 Å². The molecule has 0 aromatic carbocycles. The van der Waals surface area contributed by atoms with Gasteiger partial charge in [-0.05, 0) is 36.3 Å². The molecule has 1 aliphatic rings. The molecular formula is C13H19Cl. The molecule has 1 aliphatic carbocycles. The van der Waals surface area contributed by atoms with Crippen molar-refractivity contribution in [3.8, 4) is 0 Å². The van der Waals surface area contributed by atoms with Crippen molar-refractivity contribution >= 4 is 11.6 Å². The standard InChI is InChI=1S/C13H19Cl/c1-13(2,3)11-7-5-4-6-8-12(14)10-9-11/h7-10H,4-6H2,1-3H3/b10-9-,11-7+,12-8-. The van der Waals surface area contributed by atoms with Crippen molar-refractivity contribution in [1.82, 2.24) is 0 Å². The van der Waals surface area contributed by atoms with Crippen LogP contribution in [-0.2, 0) is 0 Å². The molecule has 0 aromatic heterocycles. The van der Waals surface area contributed by atoms with Gasteiger partial charge in [0.15, 0.2) is 0 Å². The van der Waals surface area contributed by atoms with E-state index in [2.05, 4.69) is 39.0 Å².